The number of amides is 4. The molecule has 0 bridgehead atoms. The molecule has 8 nitrogen and oxygen atoms in total. The molecule has 1 aromatic rings. The predicted molar refractivity (Wildman–Crippen MR) is 86.6 cm³/mol. The van der Waals surface area contributed by atoms with Crippen LogP contribution in [0.4, 0.5) is 0 Å². The van der Waals surface area contributed by atoms with E-state index in [0.29, 0.717) is 6.04 Å². The second-order valence-corrected chi connectivity index (χ2v) is 6.37. The lowest BCUT2D eigenvalue weighted by Gasteiger charge is -2.27. The average Bonchev–Trinajstić information content (AvgIpc) is 2.78. The number of carbonyl (C=O) groups excluding carboxylic acids is 4. The molecule has 1 unspecified atom stereocenters. The van der Waals surface area contributed by atoms with Crippen LogP contribution < -0.4 is 11.1 Å². The van der Waals surface area contributed by atoms with Crippen LogP contribution >= 0.6 is 0 Å². The minimum absolute atomic E-state index is 0.0692. The van der Waals surface area contributed by atoms with Crippen LogP contribution in [0.2, 0.25) is 0 Å². The molecule has 1 aliphatic carbocycles. The molecule has 4 N–H and O–H groups in total. The number of aromatic hydroxyl groups is 1. The first-order valence-electron chi connectivity index (χ1n) is 8.18. The van der Waals surface area contributed by atoms with Gasteiger partial charge in [0.2, 0.25) is 11.8 Å². The fourth-order valence-corrected chi connectivity index (χ4v) is 2.90. The number of nitrogens with zero attached hydrogens (tertiary/aromatic N) is 1. The number of carbonyl (C=O) groups is 4. The number of hydrogen-bond donors (Lipinski definition) is 3. The van der Waals surface area contributed by atoms with Crippen molar-refractivity contribution in [3.63, 3.8) is 0 Å². The largest absolute Gasteiger partial charge is 0.508 e. The van der Waals surface area contributed by atoms with Crippen molar-refractivity contribution in [3.05, 3.63) is 29.3 Å². The minimum Gasteiger partial charge on any atom is -0.508 e. The predicted octanol–water partition coefficient (Wildman–Crippen LogP) is 0.291. The van der Waals surface area contributed by atoms with Gasteiger partial charge in [0.05, 0.1) is 11.1 Å². The number of rotatable bonds is 1. The number of phenolic OH excluding ortho intramolecular Hbond substituents is 1. The number of piperidine rings is 1. The zero-order valence-corrected chi connectivity index (χ0v) is 13.5. The van der Waals surface area contributed by atoms with Gasteiger partial charge in [-0.1, -0.05) is 6.42 Å². The fourth-order valence-electron chi connectivity index (χ4n) is 2.90. The average molecular weight is 345 g/mol. The van der Waals surface area contributed by atoms with E-state index in [-0.39, 0.29) is 29.7 Å². The molecular formula is C17H19N3O5. The highest BCUT2D eigenvalue weighted by molar-refractivity contribution is 6.23. The Labute approximate surface area is 144 Å². The highest BCUT2D eigenvalue weighted by atomic mass is 16.3. The van der Waals surface area contributed by atoms with Crippen molar-refractivity contribution in [2.45, 2.75) is 44.2 Å². The van der Waals surface area contributed by atoms with E-state index in [0.717, 1.165) is 4.90 Å². The van der Waals surface area contributed by atoms with Crippen LogP contribution in [-0.4, -0.2) is 45.7 Å². The number of nitrogens with one attached hydrogen (secondary N) is 1. The third-order valence-electron chi connectivity index (χ3n) is 4.57. The lowest BCUT2D eigenvalue weighted by atomic mass is 9.95. The Kier molecular flexibility index (Phi) is 4.54. The molecule has 2 heterocycles. The van der Waals surface area contributed by atoms with E-state index in [1.165, 1.54) is 37.5 Å². The van der Waals surface area contributed by atoms with E-state index >= 15 is 0 Å². The standard InChI is InChI=1S/C13H10N2O5.C4H9N/c16-6-1-2-7-8(5-6)13(20)15(12(7)19)9-3-4-10(17)14-11(9)18;5-4-2-1-3-4/h1-2,5,9,16H,3-4H2,(H,14,17,18);4H,1-3,5H2. The van der Waals surface area contributed by atoms with Crippen LogP contribution in [0.5, 0.6) is 5.75 Å². The van der Waals surface area contributed by atoms with Crippen molar-refractivity contribution in [1.29, 1.82) is 0 Å². The number of imide groups is 2. The van der Waals surface area contributed by atoms with E-state index in [4.69, 9.17) is 5.73 Å². The van der Waals surface area contributed by atoms with E-state index in [9.17, 15) is 24.3 Å². The zero-order chi connectivity index (χ0) is 18.1. The van der Waals surface area contributed by atoms with Crippen LogP contribution in [0.1, 0.15) is 52.8 Å². The van der Waals surface area contributed by atoms with Gasteiger partial charge in [0.1, 0.15) is 11.8 Å². The summed E-state index contributed by atoms with van der Waals surface area (Å²) >= 11 is 0. The van der Waals surface area contributed by atoms with Crippen LogP contribution in [-0.2, 0) is 9.59 Å². The first kappa shape index (κ1) is 17.1. The second kappa shape index (κ2) is 6.64. The number of phenols is 1. The molecule has 0 aromatic heterocycles. The number of fused-ring (bicyclic) bond motifs is 1. The van der Waals surface area contributed by atoms with Gasteiger partial charge in [0.15, 0.2) is 0 Å². The summed E-state index contributed by atoms with van der Waals surface area (Å²) in [6, 6.07) is 3.42. The highest BCUT2D eigenvalue weighted by Gasteiger charge is 2.44. The fraction of sp³-hybridized carbons (Fsp3) is 0.412. The number of benzene rings is 1. The SMILES string of the molecule is NC1CCC1.O=C1CCC(N2C(=O)c3ccc(O)cc3C2=O)C(=O)N1. The van der Waals surface area contributed by atoms with E-state index in [1.54, 1.807) is 0 Å². The number of nitrogens with two attached hydrogens (primary N) is 1. The van der Waals surface area contributed by atoms with Crippen molar-refractivity contribution in [3.8, 4) is 5.75 Å². The first-order valence-corrected chi connectivity index (χ1v) is 8.18. The van der Waals surface area contributed by atoms with Gasteiger partial charge in [0, 0.05) is 12.5 Å². The molecular weight excluding hydrogens is 326 g/mol. The van der Waals surface area contributed by atoms with Gasteiger partial charge >= 0.3 is 0 Å². The third kappa shape index (κ3) is 3.25. The van der Waals surface area contributed by atoms with E-state index in [1.807, 2.05) is 0 Å². The molecule has 132 valence electrons. The molecule has 25 heavy (non-hydrogen) atoms. The van der Waals surface area contributed by atoms with Crippen molar-refractivity contribution >= 4 is 23.6 Å². The van der Waals surface area contributed by atoms with Gasteiger partial charge in [0.25, 0.3) is 11.8 Å². The van der Waals surface area contributed by atoms with Crippen molar-refractivity contribution in [2.24, 2.45) is 5.73 Å². The van der Waals surface area contributed by atoms with Gasteiger partial charge in [-0.2, -0.15) is 0 Å². The molecule has 0 spiro atoms. The molecule has 1 aromatic carbocycles. The van der Waals surface area contributed by atoms with Crippen molar-refractivity contribution < 1.29 is 24.3 Å². The van der Waals surface area contributed by atoms with Crippen LogP contribution in [0.3, 0.4) is 0 Å². The Balaban J connectivity index is 0.000000314. The van der Waals surface area contributed by atoms with Gasteiger partial charge < -0.3 is 10.8 Å². The van der Waals surface area contributed by atoms with E-state index in [2.05, 4.69) is 5.32 Å². The summed E-state index contributed by atoms with van der Waals surface area (Å²) in [6.07, 6.45) is 4.08. The molecule has 0 radical (unpaired) electrons. The van der Waals surface area contributed by atoms with Crippen LogP contribution in [0.15, 0.2) is 18.2 Å². The normalized spacial score (nSPS) is 22.8. The maximum atomic E-state index is 12.2. The lowest BCUT2D eigenvalue weighted by Crippen LogP contribution is -2.54. The molecule has 2 fully saturated rings. The summed E-state index contributed by atoms with van der Waals surface area (Å²) in [5, 5.41) is 11.5. The molecule has 3 aliphatic rings. The molecule has 1 saturated heterocycles. The second-order valence-electron chi connectivity index (χ2n) is 6.37. The topological polar surface area (TPSA) is 130 Å². The van der Waals surface area contributed by atoms with Crippen molar-refractivity contribution in [1.82, 2.24) is 10.2 Å². The summed E-state index contributed by atoms with van der Waals surface area (Å²) in [6.45, 7) is 0. The molecule has 8 heteroatoms. The Hall–Kier alpha value is -2.74. The molecule has 4 rings (SSSR count). The number of hydrogen-bond acceptors (Lipinski definition) is 6. The van der Waals surface area contributed by atoms with Crippen molar-refractivity contribution in [2.75, 3.05) is 0 Å². The zero-order valence-electron chi connectivity index (χ0n) is 13.5. The van der Waals surface area contributed by atoms with Gasteiger partial charge in [-0.05, 0) is 37.5 Å². The summed E-state index contributed by atoms with van der Waals surface area (Å²) < 4.78 is 0. The van der Waals surface area contributed by atoms with Gasteiger partial charge in [-0.25, -0.2) is 0 Å². The molecule has 1 atom stereocenters. The Morgan fingerprint density at radius 2 is 1.68 bits per heavy atom. The van der Waals surface area contributed by atoms with Crippen LogP contribution in [0, 0.1) is 0 Å². The quantitative estimate of drug-likeness (QED) is 0.627. The van der Waals surface area contributed by atoms with Gasteiger partial charge in [-0.3, -0.25) is 29.4 Å². The molecule has 2 aliphatic heterocycles. The Bertz CT molecular complexity index is 757. The Morgan fingerprint density at radius 3 is 2.24 bits per heavy atom. The van der Waals surface area contributed by atoms with Crippen LogP contribution in [0.25, 0.3) is 0 Å². The smallest absolute Gasteiger partial charge is 0.262 e. The Morgan fingerprint density at radius 1 is 1.04 bits per heavy atom. The van der Waals surface area contributed by atoms with E-state index < -0.39 is 29.7 Å². The third-order valence-corrected chi connectivity index (χ3v) is 4.57. The molecule has 4 amide bonds. The summed E-state index contributed by atoms with van der Waals surface area (Å²) in [4.78, 5) is 48.2. The minimum atomic E-state index is -0.984. The maximum Gasteiger partial charge on any atom is 0.262 e. The first-order chi connectivity index (χ1) is 11.9. The summed E-state index contributed by atoms with van der Waals surface area (Å²) in [7, 11) is 0. The lowest BCUT2D eigenvalue weighted by molar-refractivity contribution is -0.136. The highest BCUT2D eigenvalue weighted by Crippen LogP contribution is 2.29. The molecule has 1 saturated carbocycles. The summed E-state index contributed by atoms with van der Waals surface area (Å²) in [5.41, 5.74) is 5.60. The monoisotopic (exact) mass is 345 g/mol. The maximum absolute atomic E-state index is 12.2. The van der Waals surface area contributed by atoms with Gasteiger partial charge in [-0.15, -0.1) is 0 Å². The summed E-state index contributed by atoms with van der Waals surface area (Å²) in [5.74, 6) is -2.41.